The van der Waals surface area contributed by atoms with Crippen LogP contribution in [0.4, 0.5) is 9.18 Å². The Labute approximate surface area is 150 Å². The summed E-state index contributed by atoms with van der Waals surface area (Å²) < 4.78 is 13.7. The summed E-state index contributed by atoms with van der Waals surface area (Å²) in [5.41, 5.74) is 1.15. The zero-order valence-corrected chi connectivity index (χ0v) is 14.1. The maximum Gasteiger partial charge on any atom is 0.318 e. The lowest BCUT2D eigenvalue weighted by Crippen LogP contribution is -2.48. The van der Waals surface area contributed by atoms with Gasteiger partial charge in [0, 0.05) is 19.3 Å². The summed E-state index contributed by atoms with van der Waals surface area (Å²) in [5, 5.41) is 12.1. The Morgan fingerprint density at radius 1 is 1.27 bits per heavy atom. The number of amides is 2. The number of hydrogen-bond donors (Lipinski definition) is 2. The van der Waals surface area contributed by atoms with Gasteiger partial charge in [-0.05, 0) is 42.7 Å². The Morgan fingerprint density at radius 3 is 2.81 bits per heavy atom. The van der Waals surface area contributed by atoms with Gasteiger partial charge in [-0.2, -0.15) is 0 Å². The van der Waals surface area contributed by atoms with E-state index >= 15 is 0 Å². The molecule has 6 nitrogen and oxygen atoms in total. The number of aromatic nitrogens is 1. The average molecular weight is 357 g/mol. The van der Waals surface area contributed by atoms with Gasteiger partial charge in [-0.3, -0.25) is 9.78 Å². The van der Waals surface area contributed by atoms with Crippen LogP contribution in [0.2, 0.25) is 0 Å². The number of likely N-dealkylation sites (tertiary alicyclic amines) is 1. The van der Waals surface area contributed by atoms with Crippen LogP contribution in [0, 0.1) is 11.7 Å². The van der Waals surface area contributed by atoms with Crippen molar-refractivity contribution in [3.63, 3.8) is 0 Å². The van der Waals surface area contributed by atoms with Crippen LogP contribution in [0.25, 0.3) is 0 Å². The minimum atomic E-state index is -0.895. The summed E-state index contributed by atoms with van der Waals surface area (Å²) in [6, 6.07) is 10.3. The number of carboxylic acid groups (broad SMARTS) is 1. The average Bonchev–Trinajstić information content (AvgIpc) is 2.66. The van der Waals surface area contributed by atoms with Gasteiger partial charge < -0.3 is 15.3 Å². The molecule has 0 radical (unpaired) electrons. The predicted molar refractivity (Wildman–Crippen MR) is 92.9 cm³/mol. The second-order valence-corrected chi connectivity index (χ2v) is 6.32. The van der Waals surface area contributed by atoms with Crippen LogP contribution in [-0.4, -0.2) is 40.1 Å². The van der Waals surface area contributed by atoms with E-state index in [1.165, 1.54) is 17.0 Å². The highest BCUT2D eigenvalue weighted by atomic mass is 19.1. The fraction of sp³-hybridized carbons (Fsp3) is 0.316. The second-order valence-electron chi connectivity index (χ2n) is 6.32. The summed E-state index contributed by atoms with van der Waals surface area (Å²) in [6.45, 7) is 0.660. The van der Waals surface area contributed by atoms with E-state index in [2.05, 4.69) is 10.3 Å². The molecule has 3 rings (SSSR count). The van der Waals surface area contributed by atoms with Gasteiger partial charge in [0.15, 0.2) is 0 Å². The predicted octanol–water partition coefficient (Wildman–Crippen LogP) is 2.82. The van der Waals surface area contributed by atoms with Crippen molar-refractivity contribution in [1.29, 1.82) is 0 Å². The molecule has 26 heavy (non-hydrogen) atoms. The van der Waals surface area contributed by atoms with Crippen LogP contribution >= 0.6 is 0 Å². The molecule has 1 fully saturated rings. The minimum Gasteiger partial charge on any atom is -0.481 e. The molecule has 2 N–H and O–H groups in total. The van der Waals surface area contributed by atoms with Crippen molar-refractivity contribution in [2.75, 3.05) is 13.1 Å². The number of piperidine rings is 1. The van der Waals surface area contributed by atoms with Crippen molar-refractivity contribution < 1.29 is 19.1 Å². The van der Waals surface area contributed by atoms with Crippen LogP contribution in [-0.2, 0) is 4.79 Å². The standard InChI is InChI=1S/C19H20FN3O3/c20-15-7-3-5-13(11-15)17(16-8-1-2-9-21-16)22-19(26)23-10-4-6-14(12-23)18(24)25/h1-3,5,7-9,11,14,17H,4,6,10,12H2,(H,22,26)(H,24,25). The normalized spacial score (nSPS) is 18.2. The molecule has 1 aromatic heterocycles. The molecule has 0 bridgehead atoms. The molecule has 2 atom stereocenters. The van der Waals surface area contributed by atoms with Gasteiger partial charge in [-0.1, -0.05) is 18.2 Å². The molecule has 136 valence electrons. The molecule has 0 aliphatic carbocycles. The molecule has 1 saturated heterocycles. The molecule has 7 heteroatoms. The lowest BCUT2D eigenvalue weighted by molar-refractivity contribution is -0.143. The van der Waals surface area contributed by atoms with Crippen molar-refractivity contribution in [3.05, 3.63) is 65.7 Å². The summed E-state index contributed by atoms with van der Waals surface area (Å²) in [6.07, 6.45) is 2.81. The molecule has 1 aromatic carbocycles. The van der Waals surface area contributed by atoms with E-state index in [9.17, 15) is 19.1 Å². The van der Waals surface area contributed by atoms with Crippen molar-refractivity contribution in [3.8, 4) is 0 Å². The van der Waals surface area contributed by atoms with Crippen LogP contribution in [0.5, 0.6) is 0 Å². The first-order chi connectivity index (χ1) is 12.5. The monoisotopic (exact) mass is 357 g/mol. The summed E-state index contributed by atoms with van der Waals surface area (Å²) in [5.74, 6) is -1.85. The van der Waals surface area contributed by atoms with Crippen LogP contribution in [0.3, 0.4) is 0 Å². The maximum absolute atomic E-state index is 13.7. The number of benzene rings is 1. The van der Waals surface area contributed by atoms with Crippen molar-refractivity contribution >= 4 is 12.0 Å². The number of nitrogens with one attached hydrogen (secondary N) is 1. The maximum atomic E-state index is 13.7. The minimum absolute atomic E-state index is 0.166. The van der Waals surface area contributed by atoms with E-state index in [-0.39, 0.29) is 12.6 Å². The molecule has 1 aliphatic rings. The van der Waals surface area contributed by atoms with Crippen molar-refractivity contribution in [1.82, 2.24) is 15.2 Å². The first-order valence-corrected chi connectivity index (χ1v) is 8.49. The van der Waals surface area contributed by atoms with Gasteiger partial charge in [-0.25, -0.2) is 9.18 Å². The van der Waals surface area contributed by atoms with E-state index in [0.29, 0.717) is 30.6 Å². The topological polar surface area (TPSA) is 82.5 Å². The molecule has 1 aliphatic heterocycles. The third-order valence-electron chi connectivity index (χ3n) is 4.49. The number of carbonyl (C=O) groups is 2. The highest BCUT2D eigenvalue weighted by Gasteiger charge is 2.29. The van der Waals surface area contributed by atoms with Crippen LogP contribution in [0.15, 0.2) is 48.7 Å². The largest absolute Gasteiger partial charge is 0.481 e. The summed E-state index contributed by atoms with van der Waals surface area (Å²) in [4.78, 5) is 29.7. The molecule has 2 unspecified atom stereocenters. The highest BCUT2D eigenvalue weighted by molar-refractivity contribution is 5.77. The Bertz CT molecular complexity index is 785. The number of pyridine rings is 1. The van der Waals surface area contributed by atoms with Gasteiger partial charge in [0.2, 0.25) is 0 Å². The summed E-state index contributed by atoms with van der Waals surface area (Å²) >= 11 is 0. The zero-order valence-electron chi connectivity index (χ0n) is 14.1. The molecule has 2 heterocycles. The van der Waals surface area contributed by atoms with E-state index in [0.717, 1.165) is 0 Å². The smallest absolute Gasteiger partial charge is 0.318 e. The number of carboxylic acids is 1. The Kier molecular flexibility index (Phi) is 5.46. The SMILES string of the molecule is O=C(O)C1CCCN(C(=O)NC(c2cccc(F)c2)c2ccccn2)C1. The van der Waals surface area contributed by atoms with E-state index in [4.69, 9.17) is 0 Å². The molecule has 2 aromatic rings. The van der Waals surface area contributed by atoms with E-state index in [1.54, 1.807) is 36.5 Å². The first kappa shape index (κ1) is 17.8. The first-order valence-electron chi connectivity index (χ1n) is 8.49. The number of halogens is 1. The van der Waals surface area contributed by atoms with Crippen LogP contribution in [0.1, 0.15) is 30.1 Å². The number of urea groups is 1. The quantitative estimate of drug-likeness (QED) is 0.881. The molecular weight excluding hydrogens is 337 g/mol. The lowest BCUT2D eigenvalue weighted by atomic mass is 9.98. The van der Waals surface area contributed by atoms with Gasteiger partial charge in [0.1, 0.15) is 5.82 Å². The number of rotatable bonds is 4. The van der Waals surface area contributed by atoms with Crippen LogP contribution < -0.4 is 5.32 Å². The van der Waals surface area contributed by atoms with Crippen molar-refractivity contribution in [2.45, 2.75) is 18.9 Å². The fourth-order valence-electron chi connectivity index (χ4n) is 3.14. The third-order valence-corrected chi connectivity index (χ3v) is 4.49. The number of aliphatic carboxylic acids is 1. The van der Waals surface area contributed by atoms with Gasteiger partial charge >= 0.3 is 12.0 Å². The molecule has 0 saturated carbocycles. The van der Waals surface area contributed by atoms with Crippen molar-refractivity contribution in [2.24, 2.45) is 5.92 Å². The Balaban J connectivity index is 1.82. The number of hydrogen-bond acceptors (Lipinski definition) is 3. The van der Waals surface area contributed by atoms with Gasteiger partial charge in [-0.15, -0.1) is 0 Å². The number of carbonyl (C=O) groups excluding carboxylic acids is 1. The third kappa shape index (κ3) is 4.17. The summed E-state index contributed by atoms with van der Waals surface area (Å²) in [7, 11) is 0. The molecular formula is C19H20FN3O3. The Morgan fingerprint density at radius 2 is 2.12 bits per heavy atom. The molecule has 2 amide bonds. The zero-order chi connectivity index (χ0) is 18.5. The second kappa shape index (κ2) is 7.95. The van der Waals surface area contributed by atoms with E-state index in [1.807, 2.05) is 0 Å². The van der Waals surface area contributed by atoms with Gasteiger partial charge in [0.25, 0.3) is 0 Å². The molecule has 0 spiro atoms. The highest BCUT2D eigenvalue weighted by Crippen LogP contribution is 2.23. The Hall–Kier alpha value is -2.96. The number of nitrogens with zero attached hydrogens (tertiary/aromatic N) is 2. The fourth-order valence-corrected chi connectivity index (χ4v) is 3.14. The van der Waals surface area contributed by atoms with Gasteiger partial charge in [0.05, 0.1) is 17.7 Å². The van der Waals surface area contributed by atoms with E-state index < -0.39 is 23.7 Å². The lowest BCUT2D eigenvalue weighted by Gasteiger charge is -2.32.